The molecule has 0 amide bonds. The summed E-state index contributed by atoms with van der Waals surface area (Å²) in [5.41, 5.74) is 2.72. The van der Waals surface area contributed by atoms with Crippen molar-refractivity contribution < 1.29 is 9.47 Å². The molecular weight excluding hydrogens is 677 g/mol. The predicted molar refractivity (Wildman–Crippen MR) is 198 cm³/mol. The minimum Gasteiger partial charge on any atom is -0.381 e. The van der Waals surface area contributed by atoms with Gasteiger partial charge in [0.15, 0.2) is 0 Å². The molecule has 4 unspecified atom stereocenters. The van der Waals surface area contributed by atoms with E-state index in [-0.39, 0.29) is 11.5 Å². The first kappa shape index (κ1) is 34.2. The lowest BCUT2D eigenvalue weighted by Gasteiger charge is -2.28. The Morgan fingerprint density at radius 1 is 0.659 bits per heavy atom. The van der Waals surface area contributed by atoms with Gasteiger partial charge in [0.25, 0.3) is 0 Å². The first-order valence-electron chi connectivity index (χ1n) is 13.7. The molecule has 13 heteroatoms. The number of hydrogen-bond donors (Lipinski definition) is 0. The molecule has 2 radical (unpaired) electrons. The van der Waals surface area contributed by atoms with Crippen LogP contribution >= 0.6 is 73.7 Å². The van der Waals surface area contributed by atoms with Crippen LogP contribution in [0, 0.1) is 0 Å². The summed E-state index contributed by atoms with van der Waals surface area (Å²) >= 11 is 3.66. The molecule has 2 aromatic heterocycles. The van der Waals surface area contributed by atoms with Crippen LogP contribution in [0.15, 0.2) is 48.5 Å². The van der Waals surface area contributed by atoms with Gasteiger partial charge in [-0.3, -0.25) is 0 Å². The Bertz CT molecular complexity index is 1170. The van der Waals surface area contributed by atoms with Gasteiger partial charge >= 0.3 is 0 Å². The lowest BCUT2D eigenvalue weighted by molar-refractivity contribution is 0.0998. The summed E-state index contributed by atoms with van der Waals surface area (Å²) < 4.78 is 15.2. The van der Waals surface area contributed by atoms with E-state index in [1.54, 1.807) is 0 Å². The zero-order valence-electron chi connectivity index (χ0n) is 24.3. The molecule has 0 aliphatic carbocycles. The highest BCUT2D eigenvalue weighted by Crippen LogP contribution is 2.51. The third-order valence-corrected chi connectivity index (χ3v) is 21.0. The standard InChI is InChI=1S/C28H38N2O2S7Si2/c1-7-31-27(40(3)4)19(25-29-21-13-9-11-15-23(21)35-25)17-33-37-39-38-34-18-20(28(32-8-2)41(5)6)26-30-22-14-10-12-16-24(22)36-26/h9-16,19-20,27-28H,7-8,17-18H2,1-6H3. The van der Waals surface area contributed by atoms with Crippen molar-refractivity contribution in [2.24, 2.45) is 0 Å². The zero-order valence-corrected chi connectivity index (χ0v) is 32.0. The molecule has 4 atom stereocenters. The number of nitrogens with zero attached hydrogens (tertiary/aromatic N) is 2. The molecule has 41 heavy (non-hydrogen) atoms. The van der Waals surface area contributed by atoms with Crippen LogP contribution in [0.25, 0.3) is 20.4 Å². The SMILES string of the molecule is CCOC(C(CSSSSSCC(c1nc2ccccc2s1)C(OCC)[Si](C)C)c1nc2ccccc2s1)[Si](C)C. The predicted octanol–water partition coefficient (Wildman–Crippen LogP) is 10.5. The Labute approximate surface area is 275 Å². The normalized spacial score (nSPS) is 15.2. The Kier molecular flexibility index (Phi) is 14.8. The monoisotopic (exact) mass is 714 g/mol. The molecule has 0 aliphatic rings. The summed E-state index contributed by atoms with van der Waals surface area (Å²) in [6.45, 7) is 15.2. The van der Waals surface area contributed by atoms with E-state index in [0.29, 0.717) is 11.8 Å². The minimum atomic E-state index is -0.643. The van der Waals surface area contributed by atoms with Crippen LogP contribution < -0.4 is 0 Å². The summed E-state index contributed by atoms with van der Waals surface area (Å²) in [6.07, 6.45) is 0. The number of aromatic nitrogens is 2. The molecule has 0 aliphatic heterocycles. The Morgan fingerprint density at radius 2 is 1.07 bits per heavy atom. The summed E-state index contributed by atoms with van der Waals surface area (Å²) in [5, 5.41) is 2.43. The number of rotatable bonds is 18. The van der Waals surface area contributed by atoms with E-state index in [1.807, 2.05) is 73.7 Å². The molecule has 4 rings (SSSR count). The largest absolute Gasteiger partial charge is 0.381 e. The van der Waals surface area contributed by atoms with Crippen molar-refractivity contribution in [1.29, 1.82) is 0 Å². The molecule has 0 spiro atoms. The number of para-hydroxylation sites is 2. The van der Waals surface area contributed by atoms with E-state index in [9.17, 15) is 0 Å². The fourth-order valence-corrected chi connectivity index (χ4v) is 20.0. The molecule has 4 aromatic rings. The minimum absolute atomic E-state index is 0.259. The van der Waals surface area contributed by atoms with Crippen molar-refractivity contribution in [1.82, 2.24) is 9.97 Å². The van der Waals surface area contributed by atoms with Crippen LogP contribution in [0.2, 0.25) is 26.2 Å². The van der Waals surface area contributed by atoms with Crippen LogP contribution in [0.3, 0.4) is 0 Å². The molecule has 4 nitrogen and oxygen atoms in total. The third kappa shape index (κ3) is 9.65. The van der Waals surface area contributed by atoms with E-state index in [0.717, 1.165) is 35.8 Å². The van der Waals surface area contributed by atoms with Crippen molar-refractivity contribution in [2.45, 2.75) is 63.3 Å². The smallest absolute Gasteiger partial charge is 0.100 e. The zero-order chi connectivity index (χ0) is 29.2. The highest BCUT2D eigenvalue weighted by Gasteiger charge is 2.31. The molecule has 0 N–H and O–H groups in total. The van der Waals surface area contributed by atoms with Gasteiger partial charge in [-0.25, -0.2) is 9.97 Å². The quantitative estimate of drug-likeness (QED) is 0.0569. The molecule has 0 fully saturated rings. The van der Waals surface area contributed by atoms with Gasteiger partial charge in [0, 0.05) is 36.6 Å². The van der Waals surface area contributed by atoms with Gasteiger partial charge < -0.3 is 9.47 Å². The topological polar surface area (TPSA) is 44.2 Å². The molecule has 222 valence electrons. The fraction of sp³-hybridized carbons (Fsp3) is 0.500. The van der Waals surface area contributed by atoms with Crippen LogP contribution in [-0.2, 0) is 9.47 Å². The molecule has 2 heterocycles. The number of fused-ring (bicyclic) bond motifs is 2. The summed E-state index contributed by atoms with van der Waals surface area (Å²) in [7, 11) is 8.20. The maximum atomic E-state index is 6.32. The molecule has 0 saturated carbocycles. The first-order valence-corrected chi connectivity index (χ1v) is 27.0. The average Bonchev–Trinajstić information content (AvgIpc) is 3.59. The third-order valence-electron chi connectivity index (χ3n) is 6.46. The number of ether oxygens (including phenoxy) is 2. The lowest BCUT2D eigenvalue weighted by atomic mass is 10.2. The summed E-state index contributed by atoms with van der Waals surface area (Å²) in [6, 6.07) is 17.0. The maximum Gasteiger partial charge on any atom is 0.100 e. The summed E-state index contributed by atoms with van der Waals surface area (Å²) in [4.78, 5) is 10.1. The molecule has 0 saturated heterocycles. The summed E-state index contributed by atoms with van der Waals surface area (Å²) in [5.74, 6) is 2.64. The second-order valence-corrected chi connectivity index (χ2v) is 25.4. The Hall–Kier alpha value is 0.324. The van der Waals surface area contributed by atoms with Gasteiger partial charge in [-0.15, -0.1) is 22.7 Å². The lowest BCUT2D eigenvalue weighted by Crippen LogP contribution is -2.35. The Balaban J connectivity index is 1.34. The molecule has 0 bridgehead atoms. The molecule has 2 aromatic carbocycles. The van der Waals surface area contributed by atoms with Gasteiger partial charge in [0.1, 0.15) is 10.0 Å². The number of benzene rings is 2. The van der Waals surface area contributed by atoms with Crippen LogP contribution in [0.5, 0.6) is 0 Å². The van der Waals surface area contributed by atoms with Crippen LogP contribution in [0.1, 0.15) is 35.7 Å². The second-order valence-electron chi connectivity index (χ2n) is 9.93. The van der Waals surface area contributed by atoms with Crippen molar-refractivity contribution in [3.8, 4) is 0 Å². The fourth-order valence-electron chi connectivity index (χ4n) is 4.66. The van der Waals surface area contributed by atoms with Crippen molar-refractivity contribution in [3.63, 3.8) is 0 Å². The second kappa shape index (κ2) is 17.7. The van der Waals surface area contributed by atoms with Crippen LogP contribution in [-0.4, -0.2) is 63.7 Å². The van der Waals surface area contributed by atoms with Gasteiger partial charge in [-0.1, -0.05) is 72.0 Å². The first-order chi connectivity index (χ1) is 19.9. The van der Waals surface area contributed by atoms with E-state index in [2.05, 4.69) is 88.6 Å². The van der Waals surface area contributed by atoms with Crippen molar-refractivity contribution in [2.75, 3.05) is 24.7 Å². The van der Waals surface area contributed by atoms with Crippen molar-refractivity contribution >= 4 is 112 Å². The van der Waals surface area contributed by atoms with E-state index < -0.39 is 17.6 Å². The maximum absolute atomic E-state index is 6.32. The van der Waals surface area contributed by atoms with Gasteiger partial charge in [0.05, 0.1) is 49.5 Å². The number of thiazole rings is 2. The highest BCUT2D eigenvalue weighted by molar-refractivity contribution is 9.35. The Morgan fingerprint density at radius 3 is 1.44 bits per heavy atom. The van der Waals surface area contributed by atoms with Crippen molar-refractivity contribution in [3.05, 3.63) is 58.5 Å². The van der Waals surface area contributed by atoms with Gasteiger partial charge in [0.2, 0.25) is 0 Å². The van der Waals surface area contributed by atoms with E-state index in [1.165, 1.54) is 19.4 Å². The van der Waals surface area contributed by atoms with Gasteiger partial charge in [-0.2, -0.15) is 0 Å². The molecular formula is C28H38N2O2S7Si2. The van der Waals surface area contributed by atoms with Gasteiger partial charge in [-0.05, 0) is 67.6 Å². The van der Waals surface area contributed by atoms with Crippen LogP contribution in [0.4, 0.5) is 0 Å². The van der Waals surface area contributed by atoms with E-state index in [4.69, 9.17) is 19.4 Å². The number of hydrogen-bond acceptors (Lipinski definition) is 11. The van der Waals surface area contributed by atoms with E-state index >= 15 is 0 Å². The average molecular weight is 715 g/mol. The highest BCUT2D eigenvalue weighted by atomic mass is 33.8.